The summed E-state index contributed by atoms with van der Waals surface area (Å²) >= 11 is 5.93. The van der Waals surface area contributed by atoms with Gasteiger partial charge in [0.25, 0.3) is 0 Å². The van der Waals surface area contributed by atoms with Gasteiger partial charge in [-0.3, -0.25) is 4.79 Å². The molecule has 1 heterocycles. The highest BCUT2D eigenvalue weighted by molar-refractivity contribution is 6.30. The van der Waals surface area contributed by atoms with Crippen LogP contribution in [0.3, 0.4) is 0 Å². The standard InChI is InChI=1S/C18H12ClF2NO2/c19-13-5-6-16-12(9-13)8-11(10-24-16)4-7-17(23)22-18-14(20)2-1-3-15(18)21/h1-9H,10H2,(H,22,23)/b7-4+. The van der Waals surface area contributed by atoms with Crippen molar-refractivity contribution in [1.82, 2.24) is 0 Å². The largest absolute Gasteiger partial charge is 0.488 e. The lowest BCUT2D eigenvalue weighted by atomic mass is 10.1. The molecule has 0 aromatic heterocycles. The molecule has 1 amide bonds. The van der Waals surface area contributed by atoms with Crippen molar-refractivity contribution in [3.05, 3.63) is 76.3 Å². The van der Waals surface area contributed by atoms with Gasteiger partial charge in [0.15, 0.2) is 0 Å². The van der Waals surface area contributed by atoms with Gasteiger partial charge in [-0.1, -0.05) is 23.7 Å². The van der Waals surface area contributed by atoms with Crippen LogP contribution in [0.25, 0.3) is 6.08 Å². The second-order valence-electron chi connectivity index (χ2n) is 5.11. The Labute approximate surface area is 142 Å². The molecule has 1 aliphatic heterocycles. The van der Waals surface area contributed by atoms with E-state index in [4.69, 9.17) is 16.3 Å². The molecule has 0 aliphatic carbocycles. The summed E-state index contributed by atoms with van der Waals surface area (Å²) in [5.74, 6) is -1.60. The molecule has 3 nitrogen and oxygen atoms in total. The van der Waals surface area contributed by atoms with E-state index in [0.29, 0.717) is 10.8 Å². The van der Waals surface area contributed by atoms with E-state index in [0.717, 1.165) is 23.3 Å². The second-order valence-corrected chi connectivity index (χ2v) is 5.55. The van der Waals surface area contributed by atoms with Crippen molar-refractivity contribution < 1.29 is 18.3 Å². The van der Waals surface area contributed by atoms with E-state index in [1.165, 1.54) is 18.2 Å². The number of para-hydroxylation sites is 1. The Hall–Kier alpha value is -2.66. The maximum Gasteiger partial charge on any atom is 0.248 e. The number of hydrogen-bond acceptors (Lipinski definition) is 2. The first-order valence-corrected chi connectivity index (χ1v) is 7.47. The SMILES string of the molecule is O=C(/C=C/C1=Cc2cc(Cl)ccc2OC1)Nc1c(F)cccc1F. The zero-order chi connectivity index (χ0) is 17.1. The summed E-state index contributed by atoms with van der Waals surface area (Å²) in [7, 11) is 0. The van der Waals surface area contributed by atoms with E-state index in [9.17, 15) is 13.6 Å². The predicted octanol–water partition coefficient (Wildman–Crippen LogP) is 4.59. The molecule has 0 unspecified atom stereocenters. The zero-order valence-corrected chi connectivity index (χ0v) is 13.1. The molecule has 6 heteroatoms. The van der Waals surface area contributed by atoms with E-state index in [1.54, 1.807) is 18.2 Å². The fraction of sp³-hybridized carbons (Fsp3) is 0.0556. The third-order valence-electron chi connectivity index (χ3n) is 3.37. The van der Waals surface area contributed by atoms with Gasteiger partial charge in [-0.15, -0.1) is 0 Å². The number of halogens is 3. The molecule has 0 saturated heterocycles. The Morgan fingerprint density at radius 3 is 2.71 bits per heavy atom. The van der Waals surface area contributed by atoms with Crippen molar-refractivity contribution in [3.63, 3.8) is 0 Å². The number of nitrogens with one attached hydrogen (secondary N) is 1. The Bertz CT molecular complexity index is 842. The molecule has 122 valence electrons. The number of carbonyl (C=O) groups is 1. The molecule has 2 aromatic carbocycles. The fourth-order valence-electron chi connectivity index (χ4n) is 2.23. The molecule has 24 heavy (non-hydrogen) atoms. The number of fused-ring (bicyclic) bond motifs is 1. The highest BCUT2D eigenvalue weighted by Crippen LogP contribution is 2.29. The Morgan fingerprint density at radius 1 is 1.21 bits per heavy atom. The van der Waals surface area contributed by atoms with Crippen molar-refractivity contribution >= 4 is 29.3 Å². The maximum atomic E-state index is 13.5. The number of ether oxygens (including phenoxy) is 1. The van der Waals surface area contributed by atoms with Gasteiger partial charge in [0.1, 0.15) is 29.7 Å². The third kappa shape index (κ3) is 3.63. The van der Waals surface area contributed by atoms with E-state index in [2.05, 4.69) is 5.32 Å². The Kier molecular flexibility index (Phi) is 4.62. The van der Waals surface area contributed by atoms with Crippen molar-refractivity contribution in [2.75, 3.05) is 11.9 Å². The highest BCUT2D eigenvalue weighted by atomic mass is 35.5. The van der Waals surface area contributed by atoms with Crippen LogP contribution in [0.1, 0.15) is 5.56 Å². The molecule has 0 radical (unpaired) electrons. The molecule has 1 aliphatic rings. The van der Waals surface area contributed by atoms with E-state index in [1.807, 2.05) is 6.08 Å². The summed E-state index contributed by atoms with van der Waals surface area (Å²) in [6.07, 6.45) is 4.55. The quantitative estimate of drug-likeness (QED) is 0.825. The summed E-state index contributed by atoms with van der Waals surface area (Å²) in [6.45, 7) is 0.284. The fourth-order valence-corrected chi connectivity index (χ4v) is 2.41. The minimum Gasteiger partial charge on any atom is -0.488 e. The molecular formula is C18H12ClF2NO2. The van der Waals surface area contributed by atoms with Crippen LogP contribution in [0.4, 0.5) is 14.5 Å². The van der Waals surface area contributed by atoms with Gasteiger partial charge in [0.2, 0.25) is 5.91 Å². The number of hydrogen-bond donors (Lipinski definition) is 1. The highest BCUT2D eigenvalue weighted by Gasteiger charge is 2.12. The molecule has 3 rings (SSSR count). The minimum absolute atomic E-state index is 0.284. The van der Waals surface area contributed by atoms with Crippen molar-refractivity contribution in [2.45, 2.75) is 0 Å². The van der Waals surface area contributed by atoms with Crippen LogP contribution in [-0.2, 0) is 4.79 Å². The minimum atomic E-state index is -0.833. The molecule has 0 saturated carbocycles. The molecular weight excluding hydrogens is 336 g/mol. The normalized spacial score (nSPS) is 13.2. The first-order chi connectivity index (χ1) is 11.5. The van der Waals surface area contributed by atoms with Crippen LogP contribution >= 0.6 is 11.6 Å². The van der Waals surface area contributed by atoms with Crippen molar-refractivity contribution in [3.8, 4) is 5.75 Å². The van der Waals surface area contributed by atoms with Crippen LogP contribution in [0.2, 0.25) is 5.02 Å². The molecule has 2 aromatic rings. The van der Waals surface area contributed by atoms with Gasteiger partial charge in [-0.05, 0) is 42.0 Å². The van der Waals surface area contributed by atoms with Gasteiger partial charge < -0.3 is 10.1 Å². The summed E-state index contributed by atoms with van der Waals surface area (Å²) in [6, 6.07) is 8.61. The van der Waals surface area contributed by atoms with Crippen LogP contribution in [0.15, 0.2) is 54.1 Å². The van der Waals surface area contributed by atoms with Crippen molar-refractivity contribution in [1.29, 1.82) is 0 Å². The molecule has 0 atom stereocenters. The number of rotatable bonds is 3. The van der Waals surface area contributed by atoms with Crippen LogP contribution in [0, 0.1) is 11.6 Å². The number of anilines is 1. The second kappa shape index (κ2) is 6.84. The third-order valence-corrected chi connectivity index (χ3v) is 3.60. The summed E-state index contributed by atoms with van der Waals surface area (Å²) in [5, 5.41) is 2.76. The lowest BCUT2D eigenvalue weighted by molar-refractivity contribution is -0.112. The van der Waals surface area contributed by atoms with Gasteiger partial charge in [0.05, 0.1) is 0 Å². The number of amides is 1. The summed E-state index contributed by atoms with van der Waals surface area (Å²) < 4.78 is 32.5. The average molecular weight is 348 g/mol. The smallest absolute Gasteiger partial charge is 0.248 e. The van der Waals surface area contributed by atoms with Crippen LogP contribution in [-0.4, -0.2) is 12.5 Å². The topological polar surface area (TPSA) is 38.3 Å². The van der Waals surface area contributed by atoms with Crippen LogP contribution < -0.4 is 10.1 Å². The lowest BCUT2D eigenvalue weighted by Gasteiger charge is -2.16. The van der Waals surface area contributed by atoms with Gasteiger partial charge >= 0.3 is 0 Å². The van der Waals surface area contributed by atoms with Gasteiger partial charge in [0, 0.05) is 16.7 Å². The summed E-state index contributed by atoms with van der Waals surface area (Å²) in [5.41, 5.74) is 1.06. The average Bonchev–Trinajstić information content (AvgIpc) is 2.56. The molecule has 0 bridgehead atoms. The Balaban J connectivity index is 1.73. The summed E-state index contributed by atoms with van der Waals surface area (Å²) in [4.78, 5) is 11.8. The first kappa shape index (κ1) is 16.2. The first-order valence-electron chi connectivity index (χ1n) is 7.09. The number of carbonyl (C=O) groups excluding carboxylic acids is 1. The van der Waals surface area contributed by atoms with Gasteiger partial charge in [-0.2, -0.15) is 0 Å². The predicted molar refractivity (Wildman–Crippen MR) is 89.1 cm³/mol. The number of benzene rings is 2. The zero-order valence-electron chi connectivity index (χ0n) is 12.4. The van der Waals surface area contributed by atoms with Crippen LogP contribution in [0.5, 0.6) is 5.75 Å². The molecule has 0 fully saturated rings. The monoisotopic (exact) mass is 347 g/mol. The van der Waals surface area contributed by atoms with E-state index in [-0.39, 0.29) is 6.61 Å². The van der Waals surface area contributed by atoms with E-state index >= 15 is 0 Å². The van der Waals surface area contributed by atoms with Crippen molar-refractivity contribution in [2.24, 2.45) is 0 Å². The lowest BCUT2D eigenvalue weighted by Crippen LogP contribution is -2.12. The maximum absolute atomic E-state index is 13.5. The van der Waals surface area contributed by atoms with Gasteiger partial charge in [-0.25, -0.2) is 8.78 Å². The molecule has 0 spiro atoms. The Morgan fingerprint density at radius 2 is 1.96 bits per heavy atom. The molecule has 1 N–H and O–H groups in total. The van der Waals surface area contributed by atoms with E-state index < -0.39 is 23.2 Å².